The van der Waals surface area contributed by atoms with E-state index in [1.165, 1.54) is 19.3 Å². The van der Waals surface area contributed by atoms with Gasteiger partial charge < -0.3 is 0 Å². The number of hydrogen-bond donors (Lipinski definition) is 0. The molecule has 0 saturated carbocycles. The van der Waals surface area contributed by atoms with Crippen molar-refractivity contribution in [2.24, 2.45) is 17.8 Å². The van der Waals surface area contributed by atoms with Gasteiger partial charge in [-0.25, -0.2) is 8.42 Å². The Bertz CT molecular complexity index is 296. The summed E-state index contributed by atoms with van der Waals surface area (Å²) in [4.78, 5) is 0. The first-order valence-electron chi connectivity index (χ1n) is 6.28. The van der Waals surface area contributed by atoms with Crippen LogP contribution in [0.2, 0.25) is 0 Å². The van der Waals surface area contributed by atoms with Crippen LogP contribution in [0, 0.1) is 17.8 Å². The smallest absolute Gasteiger partial charge is 0.150 e. The van der Waals surface area contributed by atoms with Crippen molar-refractivity contribution in [1.82, 2.24) is 0 Å². The highest BCUT2D eigenvalue weighted by atomic mass is 79.9. The lowest BCUT2D eigenvalue weighted by Gasteiger charge is -2.24. The number of halogens is 1. The van der Waals surface area contributed by atoms with Gasteiger partial charge in [-0.15, -0.1) is 0 Å². The molecule has 2 nitrogen and oxygen atoms in total. The average molecular weight is 311 g/mol. The predicted octanol–water partition coefficient (Wildman–Crippen LogP) is 3.26. The van der Waals surface area contributed by atoms with E-state index in [2.05, 4.69) is 29.8 Å². The standard InChI is InChI=1S/C12H23BrO2S/c1-3-10(4-2)7-12(8-13)11-5-6-16(14,15)9-11/h10-12H,3-9H2,1-2H3. The number of hydrogen-bond acceptors (Lipinski definition) is 2. The maximum Gasteiger partial charge on any atom is 0.150 e. The highest BCUT2D eigenvalue weighted by Gasteiger charge is 2.33. The highest BCUT2D eigenvalue weighted by molar-refractivity contribution is 9.09. The van der Waals surface area contributed by atoms with E-state index in [1.807, 2.05) is 0 Å². The van der Waals surface area contributed by atoms with Gasteiger partial charge in [-0.3, -0.25) is 0 Å². The van der Waals surface area contributed by atoms with Crippen LogP contribution in [0.5, 0.6) is 0 Å². The third-order valence-electron chi connectivity index (χ3n) is 3.92. The monoisotopic (exact) mass is 310 g/mol. The zero-order valence-electron chi connectivity index (χ0n) is 10.3. The van der Waals surface area contributed by atoms with Gasteiger partial charge in [0.1, 0.15) is 0 Å². The van der Waals surface area contributed by atoms with E-state index < -0.39 is 9.84 Å². The molecule has 1 aliphatic rings. The maximum absolute atomic E-state index is 11.5. The summed E-state index contributed by atoms with van der Waals surface area (Å²) in [6.45, 7) is 4.45. The van der Waals surface area contributed by atoms with Crippen LogP contribution in [0.3, 0.4) is 0 Å². The van der Waals surface area contributed by atoms with Crippen molar-refractivity contribution in [3.8, 4) is 0 Å². The fourth-order valence-corrected chi connectivity index (χ4v) is 5.34. The Labute approximate surface area is 108 Å². The molecule has 1 heterocycles. The molecule has 0 amide bonds. The fourth-order valence-electron chi connectivity index (χ4n) is 2.63. The summed E-state index contributed by atoms with van der Waals surface area (Å²) in [5.74, 6) is 2.52. The van der Waals surface area contributed by atoms with E-state index in [9.17, 15) is 8.42 Å². The minimum atomic E-state index is -2.72. The van der Waals surface area contributed by atoms with Gasteiger partial charge in [-0.1, -0.05) is 42.6 Å². The van der Waals surface area contributed by atoms with Crippen molar-refractivity contribution in [2.45, 2.75) is 39.5 Å². The Morgan fingerprint density at radius 3 is 2.31 bits per heavy atom. The van der Waals surface area contributed by atoms with Crippen LogP contribution in [0.1, 0.15) is 39.5 Å². The molecular formula is C12H23BrO2S. The van der Waals surface area contributed by atoms with Gasteiger partial charge in [0.2, 0.25) is 0 Å². The normalized spacial score (nSPS) is 26.1. The van der Waals surface area contributed by atoms with Gasteiger partial charge in [-0.2, -0.15) is 0 Å². The minimum absolute atomic E-state index is 0.393. The highest BCUT2D eigenvalue weighted by Crippen LogP contribution is 2.33. The molecular weight excluding hydrogens is 288 g/mol. The molecule has 0 N–H and O–H groups in total. The molecule has 0 spiro atoms. The van der Waals surface area contributed by atoms with Gasteiger partial charge in [0.15, 0.2) is 9.84 Å². The van der Waals surface area contributed by atoms with Crippen molar-refractivity contribution >= 4 is 25.8 Å². The van der Waals surface area contributed by atoms with Crippen LogP contribution in [0.4, 0.5) is 0 Å². The molecule has 1 aliphatic heterocycles. The lowest BCUT2D eigenvalue weighted by Crippen LogP contribution is -2.20. The molecule has 0 aromatic heterocycles. The SMILES string of the molecule is CCC(CC)CC(CBr)C1CCS(=O)(=O)C1. The second-order valence-corrected chi connectivity index (χ2v) is 7.87. The Kier molecular flexibility index (Phi) is 5.78. The molecule has 0 radical (unpaired) electrons. The van der Waals surface area contributed by atoms with Crippen LogP contribution < -0.4 is 0 Å². The molecule has 1 rings (SSSR count). The second kappa shape index (κ2) is 6.39. The van der Waals surface area contributed by atoms with Crippen molar-refractivity contribution in [3.63, 3.8) is 0 Å². The van der Waals surface area contributed by atoms with E-state index in [4.69, 9.17) is 0 Å². The van der Waals surface area contributed by atoms with Crippen LogP contribution in [-0.4, -0.2) is 25.3 Å². The van der Waals surface area contributed by atoms with Crippen molar-refractivity contribution in [2.75, 3.05) is 16.8 Å². The molecule has 0 aliphatic carbocycles. The summed E-state index contributed by atoms with van der Waals surface area (Å²) in [5.41, 5.74) is 0. The molecule has 2 atom stereocenters. The average Bonchev–Trinajstić information content (AvgIpc) is 2.61. The van der Waals surface area contributed by atoms with Crippen molar-refractivity contribution in [1.29, 1.82) is 0 Å². The van der Waals surface area contributed by atoms with E-state index in [0.717, 1.165) is 17.7 Å². The van der Waals surface area contributed by atoms with Gasteiger partial charge >= 0.3 is 0 Å². The zero-order chi connectivity index (χ0) is 12.2. The van der Waals surface area contributed by atoms with Gasteiger partial charge in [0.05, 0.1) is 11.5 Å². The van der Waals surface area contributed by atoms with Crippen LogP contribution in [0.25, 0.3) is 0 Å². The van der Waals surface area contributed by atoms with Crippen LogP contribution >= 0.6 is 15.9 Å². The molecule has 1 saturated heterocycles. The topological polar surface area (TPSA) is 34.1 Å². The van der Waals surface area contributed by atoms with E-state index in [0.29, 0.717) is 23.3 Å². The van der Waals surface area contributed by atoms with Crippen molar-refractivity contribution < 1.29 is 8.42 Å². The Morgan fingerprint density at radius 2 is 1.94 bits per heavy atom. The van der Waals surface area contributed by atoms with Gasteiger partial charge in [0.25, 0.3) is 0 Å². The lowest BCUT2D eigenvalue weighted by atomic mass is 9.83. The maximum atomic E-state index is 11.5. The summed E-state index contributed by atoms with van der Waals surface area (Å²) < 4.78 is 22.9. The Morgan fingerprint density at radius 1 is 1.31 bits per heavy atom. The molecule has 1 fully saturated rings. The zero-order valence-corrected chi connectivity index (χ0v) is 12.7. The number of alkyl halides is 1. The second-order valence-electron chi connectivity index (χ2n) is 5.00. The molecule has 96 valence electrons. The fraction of sp³-hybridized carbons (Fsp3) is 1.00. The van der Waals surface area contributed by atoms with Gasteiger partial charge in [0, 0.05) is 5.33 Å². The predicted molar refractivity (Wildman–Crippen MR) is 72.7 cm³/mol. The lowest BCUT2D eigenvalue weighted by molar-refractivity contribution is 0.302. The summed E-state index contributed by atoms with van der Waals surface area (Å²) in [6, 6.07) is 0. The van der Waals surface area contributed by atoms with E-state index in [1.54, 1.807) is 0 Å². The molecule has 0 aromatic carbocycles. The molecule has 0 aromatic rings. The first kappa shape index (κ1) is 14.5. The first-order valence-corrected chi connectivity index (χ1v) is 9.23. The van der Waals surface area contributed by atoms with Gasteiger partial charge in [-0.05, 0) is 30.6 Å². The first-order chi connectivity index (χ1) is 7.52. The molecule has 2 unspecified atom stereocenters. The number of rotatable bonds is 6. The Balaban J connectivity index is 2.55. The summed E-state index contributed by atoms with van der Waals surface area (Å²) in [6.07, 6.45) is 4.47. The largest absolute Gasteiger partial charge is 0.229 e. The molecule has 16 heavy (non-hydrogen) atoms. The van der Waals surface area contributed by atoms with E-state index in [-0.39, 0.29) is 0 Å². The van der Waals surface area contributed by atoms with Crippen LogP contribution in [0.15, 0.2) is 0 Å². The van der Waals surface area contributed by atoms with E-state index >= 15 is 0 Å². The molecule has 0 bridgehead atoms. The summed E-state index contributed by atoms with van der Waals surface area (Å²) in [7, 11) is -2.72. The third-order valence-corrected chi connectivity index (χ3v) is 6.55. The third kappa shape index (κ3) is 4.02. The summed E-state index contributed by atoms with van der Waals surface area (Å²) in [5, 5.41) is 0.948. The molecule has 4 heteroatoms. The van der Waals surface area contributed by atoms with Crippen LogP contribution in [-0.2, 0) is 9.84 Å². The van der Waals surface area contributed by atoms with Crippen molar-refractivity contribution in [3.05, 3.63) is 0 Å². The Hall–Kier alpha value is 0.430. The summed E-state index contributed by atoms with van der Waals surface area (Å²) >= 11 is 3.56. The quantitative estimate of drug-likeness (QED) is 0.706. The number of sulfone groups is 1. The minimum Gasteiger partial charge on any atom is -0.229 e.